The number of carbonyl (C=O) groups is 1. The fourth-order valence-electron chi connectivity index (χ4n) is 2.65. The third-order valence-corrected chi connectivity index (χ3v) is 3.53. The van der Waals surface area contributed by atoms with Crippen molar-refractivity contribution in [2.45, 2.75) is 12.8 Å². The van der Waals surface area contributed by atoms with E-state index in [0.29, 0.717) is 11.1 Å². The summed E-state index contributed by atoms with van der Waals surface area (Å²) in [6.07, 6.45) is 0. The number of ketones is 1. The van der Waals surface area contributed by atoms with E-state index in [0.717, 1.165) is 5.56 Å². The predicted molar refractivity (Wildman–Crippen MR) is 67.2 cm³/mol. The number of phenols is 2. The van der Waals surface area contributed by atoms with Crippen molar-refractivity contribution >= 4 is 5.78 Å². The zero-order valence-electron chi connectivity index (χ0n) is 9.84. The molecule has 3 nitrogen and oxygen atoms in total. The zero-order chi connectivity index (χ0) is 12.9. The first-order valence-electron chi connectivity index (χ1n) is 5.79. The van der Waals surface area contributed by atoms with Gasteiger partial charge in [-0.25, -0.2) is 0 Å². The second kappa shape index (κ2) is 3.60. The molecule has 1 atom stereocenters. The molecule has 3 heteroatoms. The van der Waals surface area contributed by atoms with Crippen LogP contribution in [0.4, 0.5) is 0 Å². The molecular formula is C15H12O3. The minimum absolute atomic E-state index is 0.0538. The summed E-state index contributed by atoms with van der Waals surface area (Å²) in [6.45, 7) is 1.92. The van der Waals surface area contributed by atoms with E-state index in [2.05, 4.69) is 0 Å². The Labute approximate surface area is 104 Å². The molecule has 0 aromatic heterocycles. The third-order valence-electron chi connectivity index (χ3n) is 3.53. The van der Waals surface area contributed by atoms with Crippen LogP contribution in [0.2, 0.25) is 0 Å². The highest BCUT2D eigenvalue weighted by molar-refractivity contribution is 6.14. The molecule has 1 aliphatic carbocycles. The molecule has 0 aliphatic heterocycles. The standard InChI is InChI=1S/C15H12O3/c1-8-9-4-2-3-5-10(9)15(18)14-12(17)7-6-11(16)13(8)14/h2-8,16-17H,1H3. The van der Waals surface area contributed by atoms with Crippen LogP contribution in [-0.2, 0) is 0 Å². The van der Waals surface area contributed by atoms with Gasteiger partial charge < -0.3 is 10.2 Å². The third kappa shape index (κ3) is 1.27. The number of hydrogen-bond donors (Lipinski definition) is 2. The molecule has 90 valence electrons. The Hall–Kier alpha value is -2.29. The van der Waals surface area contributed by atoms with Crippen LogP contribution in [0.5, 0.6) is 11.5 Å². The maximum atomic E-state index is 12.4. The van der Waals surface area contributed by atoms with E-state index < -0.39 is 0 Å². The van der Waals surface area contributed by atoms with Crippen molar-refractivity contribution in [2.24, 2.45) is 0 Å². The smallest absolute Gasteiger partial charge is 0.197 e. The summed E-state index contributed by atoms with van der Waals surface area (Å²) in [5.41, 5.74) is 2.22. The number of phenolic OH excluding ortho intramolecular Hbond substituents is 2. The molecular weight excluding hydrogens is 228 g/mol. The van der Waals surface area contributed by atoms with Gasteiger partial charge >= 0.3 is 0 Å². The van der Waals surface area contributed by atoms with Gasteiger partial charge in [0.05, 0.1) is 5.56 Å². The van der Waals surface area contributed by atoms with Gasteiger partial charge in [0, 0.05) is 17.0 Å². The van der Waals surface area contributed by atoms with Crippen LogP contribution in [0.1, 0.15) is 39.9 Å². The lowest BCUT2D eigenvalue weighted by Gasteiger charge is -2.25. The van der Waals surface area contributed by atoms with Crippen molar-refractivity contribution in [2.75, 3.05) is 0 Å². The SMILES string of the molecule is CC1c2ccccc2C(=O)c2c(O)ccc(O)c21. The summed E-state index contributed by atoms with van der Waals surface area (Å²) in [6, 6.07) is 10.1. The lowest BCUT2D eigenvalue weighted by Crippen LogP contribution is -2.18. The van der Waals surface area contributed by atoms with Crippen molar-refractivity contribution in [1.82, 2.24) is 0 Å². The second-order valence-corrected chi connectivity index (χ2v) is 4.53. The molecule has 2 N–H and O–H groups in total. The van der Waals surface area contributed by atoms with E-state index in [1.54, 1.807) is 12.1 Å². The summed E-state index contributed by atoms with van der Waals surface area (Å²) in [7, 11) is 0. The number of rotatable bonds is 0. The van der Waals surface area contributed by atoms with E-state index in [9.17, 15) is 15.0 Å². The first-order valence-corrected chi connectivity index (χ1v) is 5.79. The van der Waals surface area contributed by atoms with Crippen molar-refractivity contribution in [3.8, 4) is 11.5 Å². The molecule has 3 rings (SSSR count). The lowest BCUT2D eigenvalue weighted by molar-refractivity contribution is 0.103. The summed E-state index contributed by atoms with van der Waals surface area (Å²) in [5, 5.41) is 19.8. The Morgan fingerprint density at radius 1 is 1.00 bits per heavy atom. The van der Waals surface area contributed by atoms with Crippen molar-refractivity contribution in [3.63, 3.8) is 0 Å². The van der Waals surface area contributed by atoms with Gasteiger partial charge in [0.1, 0.15) is 11.5 Å². The van der Waals surface area contributed by atoms with Crippen molar-refractivity contribution < 1.29 is 15.0 Å². The minimum atomic E-state index is -0.230. The molecule has 18 heavy (non-hydrogen) atoms. The summed E-state index contributed by atoms with van der Waals surface area (Å²) in [4.78, 5) is 12.4. The number of carbonyl (C=O) groups excluding carboxylic acids is 1. The topological polar surface area (TPSA) is 57.5 Å². The van der Waals surface area contributed by atoms with Crippen LogP contribution in [0.3, 0.4) is 0 Å². The van der Waals surface area contributed by atoms with E-state index in [1.165, 1.54) is 12.1 Å². The van der Waals surface area contributed by atoms with Crippen molar-refractivity contribution in [3.05, 3.63) is 58.7 Å². The first-order chi connectivity index (χ1) is 8.61. The lowest BCUT2D eigenvalue weighted by atomic mass is 9.77. The highest BCUT2D eigenvalue weighted by atomic mass is 16.3. The van der Waals surface area contributed by atoms with Crippen LogP contribution >= 0.6 is 0 Å². The Kier molecular flexibility index (Phi) is 2.17. The normalized spacial score (nSPS) is 17.2. The van der Waals surface area contributed by atoms with Crippen molar-refractivity contribution in [1.29, 1.82) is 0 Å². The Morgan fingerprint density at radius 2 is 1.67 bits per heavy atom. The zero-order valence-corrected chi connectivity index (χ0v) is 9.84. The number of benzene rings is 2. The maximum Gasteiger partial charge on any atom is 0.197 e. The molecule has 2 aromatic carbocycles. The molecule has 1 unspecified atom stereocenters. The molecule has 0 amide bonds. The Balaban J connectivity index is 2.37. The van der Waals surface area contributed by atoms with Gasteiger partial charge in [-0.1, -0.05) is 31.2 Å². The minimum Gasteiger partial charge on any atom is -0.508 e. The number of aromatic hydroxyl groups is 2. The van der Waals surface area contributed by atoms with Crippen LogP contribution in [0, 0.1) is 0 Å². The van der Waals surface area contributed by atoms with Gasteiger partial charge in [-0.3, -0.25) is 4.79 Å². The van der Waals surface area contributed by atoms with Gasteiger partial charge in [0.25, 0.3) is 0 Å². The number of hydrogen-bond acceptors (Lipinski definition) is 3. The van der Waals surface area contributed by atoms with E-state index in [1.807, 2.05) is 19.1 Å². The van der Waals surface area contributed by atoms with E-state index >= 15 is 0 Å². The van der Waals surface area contributed by atoms with Gasteiger partial charge in [0.2, 0.25) is 0 Å². The van der Waals surface area contributed by atoms with Crippen LogP contribution in [0.15, 0.2) is 36.4 Å². The summed E-state index contributed by atoms with van der Waals surface area (Å²) < 4.78 is 0. The maximum absolute atomic E-state index is 12.4. The fraction of sp³-hybridized carbons (Fsp3) is 0.133. The van der Waals surface area contributed by atoms with Crippen LogP contribution in [-0.4, -0.2) is 16.0 Å². The molecule has 0 spiro atoms. The molecule has 2 aromatic rings. The average Bonchev–Trinajstić information content (AvgIpc) is 2.38. The molecule has 0 radical (unpaired) electrons. The molecule has 0 heterocycles. The highest BCUT2D eigenvalue weighted by Crippen LogP contribution is 2.43. The van der Waals surface area contributed by atoms with E-state index in [4.69, 9.17) is 0 Å². The van der Waals surface area contributed by atoms with Crippen LogP contribution < -0.4 is 0 Å². The largest absolute Gasteiger partial charge is 0.508 e. The van der Waals surface area contributed by atoms with Gasteiger partial charge in [-0.05, 0) is 17.7 Å². The second-order valence-electron chi connectivity index (χ2n) is 4.53. The fourth-order valence-corrected chi connectivity index (χ4v) is 2.65. The summed E-state index contributed by atoms with van der Waals surface area (Å²) >= 11 is 0. The number of fused-ring (bicyclic) bond motifs is 2. The predicted octanol–water partition coefficient (Wildman–Crippen LogP) is 2.79. The molecule has 0 bridgehead atoms. The molecule has 0 saturated carbocycles. The quantitative estimate of drug-likeness (QED) is 0.696. The Bertz CT molecular complexity index is 659. The molecule has 0 saturated heterocycles. The Morgan fingerprint density at radius 3 is 2.44 bits per heavy atom. The van der Waals surface area contributed by atoms with Gasteiger partial charge in [0.15, 0.2) is 5.78 Å². The van der Waals surface area contributed by atoms with Gasteiger partial charge in [-0.15, -0.1) is 0 Å². The monoisotopic (exact) mass is 240 g/mol. The molecule has 0 fully saturated rings. The average molecular weight is 240 g/mol. The molecule has 1 aliphatic rings. The first kappa shape index (κ1) is 10.8. The summed E-state index contributed by atoms with van der Waals surface area (Å²) in [5.74, 6) is -0.361. The highest BCUT2D eigenvalue weighted by Gasteiger charge is 2.32. The van der Waals surface area contributed by atoms with Crippen LogP contribution in [0.25, 0.3) is 0 Å². The van der Waals surface area contributed by atoms with Gasteiger partial charge in [-0.2, -0.15) is 0 Å². The van der Waals surface area contributed by atoms with E-state index in [-0.39, 0.29) is 28.8 Å².